The van der Waals surface area contributed by atoms with E-state index in [0.717, 1.165) is 49.0 Å². The molecule has 4 atom stereocenters. The second-order valence-electron chi connectivity index (χ2n) is 13.1. The molecule has 49 heavy (non-hydrogen) atoms. The normalized spacial score (nSPS) is 17.7. The topological polar surface area (TPSA) is 178 Å². The van der Waals surface area contributed by atoms with Crippen molar-refractivity contribution >= 4 is 34.7 Å². The molecule has 2 heterocycles. The quantitative estimate of drug-likeness (QED) is 0.143. The van der Waals surface area contributed by atoms with Gasteiger partial charge in [0, 0.05) is 18.4 Å². The van der Waals surface area contributed by atoms with Crippen molar-refractivity contribution in [1.29, 1.82) is 0 Å². The number of nitrogens with one attached hydrogen (secondary N) is 4. The van der Waals surface area contributed by atoms with Gasteiger partial charge in [-0.05, 0) is 74.8 Å². The molecule has 4 amide bonds. The number of hydrogen-bond donors (Lipinski definition) is 5. The minimum absolute atomic E-state index is 0.0173. The maximum Gasteiger partial charge on any atom is 0.243 e. The number of para-hydroxylation sites is 1. The van der Waals surface area contributed by atoms with Gasteiger partial charge in [-0.25, -0.2) is 4.98 Å². The second-order valence-corrected chi connectivity index (χ2v) is 13.1. The summed E-state index contributed by atoms with van der Waals surface area (Å²) >= 11 is 0. The summed E-state index contributed by atoms with van der Waals surface area (Å²) < 4.78 is 11.8. The number of oxazole rings is 1. The number of amides is 4. The van der Waals surface area contributed by atoms with Crippen LogP contribution in [0.5, 0.6) is 5.75 Å². The molecule has 12 heteroatoms. The van der Waals surface area contributed by atoms with E-state index in [2.05, 4.69) is 33.2 Å². The molecule has 0 unspecified atom stereocenters. The van der Waals surface area contributed by atoms with Crippen molar-refractivity contribution in [1.82, 2.24) is 26.3 Å². The van der Waals surface area contributed by atoms with Gasteiger partial charge in [0.25, 0.3) is 0 Å². The fourth-order valence-corrected chi connectivity index (χ4v) is 6.73. The van der Waals surface area contributed by atoms with Crippen molar-refractivity contribution in [3.8, 4) is 5.75 Å². The number of nitrogens with zero attached hydrogens (tertiary/aromatic N) is 1. The van der Waals surface area contributed by atoms with Crippen LogP contribution in [0.25, 0.3) is 11.1 Å². The zero-order chi connectivity index (χ0) is 34.8. The van der Waals surface area contributed by atoms with Crippen molar-refractivity contribution in [3.63, 3.8) is 0 Å². The Morgan fingerprint density at radius 3 is 2.47 bits per heavy atom. The van der Waals surface area contributed by atoms with Gasteiger partial charge in [0.05, 0.1) is 19.1 Å². The van der Waals surface area contributed by atoms with E-state index in [-0.39, 0.29) is 36.6 Å². The van der Waals surface area contributed by atoms with E-state index in [1.54, 1.807) is 6.92 Å². The first-order valence-electron chi connectivity index (χ1n) is 17.8. The van der Waals surface area contributed by atoms with Crippen LogP contribution < -0.4 is 31.7 Å². The van der Waals surface area contributed by atoms with Gasteiger partial charge in [-0.3, -0.25) is 19.2 Å². The van der Waals surface area contributed by atoms with Crippen LogP contribution in [0.15, 0.2) is 46.9 Å². The van der Waals surface area contributed by atoms with Crippen molar-refractivity contribution in [2.45, 2.75) is 109 Å². The number of carbonyl (C=O) groups is 4. The maximum atomic E-state index is 14.1. The summed E-state index contributed by atoms with van der Waals surface area (Å²) in [7, 11) is 0. The van der Waals surface area contributed by atoms with Crippen LogP contribution in [0.3, 0.4) is 0 Å². The molecule has 6 N–H and O–H groups in total. The molecule has 12 nitrogen and oxygen atoms in total. The highest BCUT2D eigenvalue weighted by Crippen LogP contribution is 2.32. The van der Waals surface area contributed by atoms with E-state index in [0.29, 0.717) is 55.8 Å². The SMILES string of the molecule is CCC(=O)N[C@@H](Cc1nc2ccc(CC)cc2o1)C(=O)N[C@H](C(=O)N[C@@H](CCCCN)C(=O)N[C@@H]1CCOc2ccccc21)C1CCCC1. The largest absolute Gasteiger partial charge is 0.493 e. The molecule has 0 saturated heterocycles. The summed E-state index contributed by atoms with van der Waals surface area (Å²) in [5.74, 6) is -0.591. The number of fused-ring (bicyclic) bond motifs is 2. The molecule has 264 valence electrons. The van der Waals surface area contributed by atoms with Gasteiger partial charge in [0.15, 0.2) is 11.5 Å². The minimum atomic E-state index is -1.01. The molecule has 0 spiro atoms. The Morgan fingerprint density at radius 2 is 1.71 bits per heavy atom. The third kappa shape index (κ3) is 9.38. The Kier molecular flexibility index (Phi) is 12.6. The summed E-state index contributed by atoms with van der Waals surface area (Å²) in [6, 6.07) is 10.4. The average molecular weight is 675 g/mol. The molecule has 1 saturated carbocycles. The lowest BCUT2D eigenvalue weighted by Gasteiger charge is -2.30. The highest BCUT2D eigenvalue weighted by Gasteiger charge is 2.37. The number of nitrogens with two attached hydrogens (primary N) is 1. The predicted molar refractivity (Wildman–Crippen MR) is 185 cm³/mol. The highest BCUT2D eigenvalue weighted by atomic mass is 16.5. The summed E-state index contributed by atoms with van der Waals surface area (Å²) in [6.07, 6.45) is 6.80. The monoisotopic (exact) mass is 674 g/mol. The lowest BCUT2D eigenvalue weighted by Crippen LogP contribution is -2.59. The van der Waals surface area contributed by atoms with Crippen LogP contribution in [0, 0.1) is 5.92 Å². The van der Waals surface area contributed by atoms with E-state index in [1.165, 1.54) is 0 Å². The van der Waals surface area contributed by atoms with Gasteiger partial charge in [-0.1, -0.05) is 51.0 Å². The number of hydrogen-bond acceptors (Lipinski definition) is 8. The number of carbonyl (C=O) groups excluding carboxylic acids is 4. The van der Waals surface area contributed by atoms with Crippen molar-refractivity contribution < 1.29 is 28.3 Å². The number of aryl methyl sites for hydroxylation is 1. The van der Waals surface area contributed by atoms with Gasteiger partial charge in [0.2, 0.25) is 23.6 Å². The Hall–Kier alpha value is -4.45. The zero-order valence-corrected chi connectivity index (χ0v) is 28.6. The molecule has 1 aliphatic carbocycles. The predicted octanol–water partition coefficient (Wildman–Crippen LogP) is 3.76. The number of unbranched alkanes of at least 4 members (excludes halogenated alkanes) is 1. The first-order valence-corrected chi connectivity index (χ1v) is 17.8. The van der Waals surface area contributed by atoms with Crippen LogP contribution in [-0.4, -0.2) is 59.9 Å². The Morgan fingerprint density at radius 1 is 0.918 bits per heavy atom. The average Bonchev–Trinajstić information content (AvgIpc) is 3.79. The zero-order valence-electron chi connectivity index (χ0n) is 28.6. The highest BCUT2D eigenvalue weighted by molar-refractivity contribution is 5.94. The second kappa shape index (κ2) is 17.3. The van der Waals surface area contributed by atoms with Gasteiger partial charge in [0.1, 0.15) is 29.4 Å². The number of aromatic nitrogens is 1. The summed E-state index contributed by atoms with van der Waals surface area (Å²) in [5, 5.41) is 11.9. The van der Waals surface area contributed by atoms with Crippen LogP contribution >= 0.6 is 0 Å². The lowest BCUT2D eigenvalue weighted by atomic mass is 9.95. The van der Waals surface area contributed by atoms with Crippen molar-refractivity contribution in [3.05, 3.63) is 59.5 Å². The number of ether oxygens (including phenoxy) is 1. The van der Waals surface area contributed by atoms with Gasteiger partial charge in [-0.15, -0.1) is 0 Å². The van der Waals surface area contributed by atoms with Gasteiger partial charge in [-0.2, -0.15) is 0 Å². The van der Waals surface area contributed by atoms with Gasteiger partial charge >= 0.3 is 0 Å². The van der Waals surface area contributed by atoms with E-state index in [1.807, 2.05) is 42.5 Å². The third-order valence-electron chi connectivity index (χ3n) is 9.56. The third-order valence-corrected chi connectivity index (χ3v) is 9.56. The number of rotatable bonds is 16. The minimum Gasteiger partial charge on any atom is -0.493 e. The summed E-state index contributed by atoms with van der Waals surface area (Å²) in [4.78, 5) is 58.8. The molecule has 1 fully saturated rings. The molecule has 1 aromatic heterocycles. The smallest absolute Gasteiger partial charge is 0.243 e. The Bertz CT molecular complexity index is 1600. The van der Waals surface area contributed by atoms with Crippen LogP contribution in [0.1, 0.15) is 94.7 Å². The Labute approximate surface area is 287 Å². The van der Waals surface area contributed by atoms with Crippen molar-refractivity contribution in [2.75, 3.05) is 13.2 Å². The molecule has 0 bridgehead atoms. The Balaban J connectivity index is 1.32. The summed E-state index contributed by atoms with van der Waals surface area (Å²) in [5.41, 5.74) is 9.03. The fourth-order valence-electron chi connectivity index (χ4n) is 6.73. The molecular formula is C37H50N6O6. The molecule has 2 aromatic carbocycles. The standard InChI is InChI=1S/C37H50N6O6/c1-3-23-16-17-27-31(21-23)49-33(40-27)22-29(39-32(44)4-2)36(46)43-34(24-11-5-6-12-24)37(47)42-28(14-9-10-19-38)35(45)41-26-18-20-48-30-15-8-7-13-25(26)30/h7-8,13,15-17,21,24,26,28-29,34H,3-6,9-12,14,18-20,22,38H2,1-2H3,(H,39,44)(H,41,45)(H,42,47)(H,43,46)/t26-,28+,29+,34+/m1/s1. The van der Waals surface area contributed by atoms with Gasteiger partial charge < -0.3 is 36.2 Å². The van der Waals surface area contributed by atoms with E-state index < -0.39 is 29.9 Å². The van der Waals surface area contributed by atoms with Crippen LogP contribution in [0.4, 0.5) is 0 Å². The van der Waals surface area contributed by atoms with E-state index in [9.17, 15) is 19.2 Å². The van der Waals surface area contributed by atoms with Crippen LogP contribution in [-0.2, 0) is 32.0 Å². The lowest BCUT2D eigenvalue weighted by molar-refractivity contribution is -0.135. The number of benzene rings is 2. The molecular weight excluding hydrogens is 624 g/mol. The summed E-state index contributed by atoms with van der Waals surface area (Å²) in [6.45, 7) is 4.71. The first-order chi connectivity index (χ1) is 23.8. The van der Waals surface area contributed by atoms with E-state index in [4.69, 9.17) is 14.9 Å². The molecule has 1 aliphatic heterocycles. The molecule has 5 rings (SSSR count). The van der Waals surface area contributed by atoms with Crippen molar-refractivity contribution in [2.24, 2.45) is 11.7 Å². The molecule has 3 aromatic rings. The first kappa shape index (κ1) is 35.8. The van der Waals surface area contributed by atoms with E-state index >= 15 is 0 Å². The van der Waals surface area contributed by atoms with Crippen LogP contribution in [0.2, 0.25) is 0 Å². The maximum absolute atomic E-state index is 14.1. The molecule has 2 aliphatic rings. The fraction of sp³-hybridized carbons (Fsp3) is 0.541. The molecule has 0 radical (unpaired) electrons.